The van der Waals surface area contributed by atoms with Gasteiger partial charge in [0, 0.05) is 0 Å². The van der Waals surface area contributed by atoms with Gasteiger partial charge in [0.2, 0.25) is 0 Å². The van der Waals surface area contributed by atoms with Crippen molar-refractivity contribution in [1.29, 1.82) is 0 Å². The summed E-state index contributed by atoms with van der Waals surface area (Å²) >= 11 is -1.03. The van der Waals surface area contributed by atoms with Crippen molar-refractivity contribution in [3.63, 3.8) is 0 Å². The first-order valence-electron chi connectivity index (χ1n) is 5.68. The topological polar surface area (TPSA) is 26.3 Å². The summed E-state index contributed by atoms with van der Waals surface area (Å²) in [5, 5.41) is 0. The van der Waals surface area contributed by atoms with Crippen molar-refractivity contribution in [1.82, 2.24) is 0 Å². The van der Waals surface area contributed by atoms with E-state index in [0.29, 0.717) is 0 Å². The van der Waals surface area contributed by atoms with E-state index in [4.69, 9.17) is 4.18 Å². The van der Waals surface area contributed by atoms with E-state index >= 15 is 0 Å². The first kappa shape index (κ1) is 9.34. The summed E-state index contributed by atoms with van der Waals surface area (Å²) in [7, 11) is 1.59. The minimum atomic E-state index is -1.03. The van der Waals surface area contributed by atoms with Crippen LogP contribution < -0.4 is 0 Å². The van der Waals surface area contributed by atoms with Crippen molar-refractivity contribution in [2.75, 3.05) is 7.11 Å². The molecule has 80 valence electrons. The number of rotatable bonds is 2. The van der Waals surface area contributed by atoms with E-state index in [1.165, 1.54) is 38.5 Å². The summed E-state index contributed by atoms with van der Waals surface area (Å²) in [6, 6.07) is 0. The lowest BCUT2D eigenvalue weighted by Gasteiger charge is -2.55. The van der Waals surface area contributed by atoms with Gasteiger partial charge in [0.05, 0.1) is 11.9 Å². The van der Waals surface area contributed by atoms with Crippen LogP contribution in [0.5, 0.6) is 0 Å². The van der Waals surface area contributed by atoms with Gasteiger partial charge in [-0.25, -0.2) is 4.21 Å². The van der Waals surface area contributed by atoms with E-state index < -0.39 is 11.1 Å². The summed E-state index contributed by atoms with van der Waals surface area (Å²) in [6.45, 7) is 0. The van der Waals surface area contributed by atoms with E-state index in [1.807, 2.05) is 0 Å². The molecule has 0 aromatic rings. The number of hydrogen-bond acceptors (Lipinski definition) is 2. The Balaban J connectivity index is 1.91. The molecule has 14 heavy (non-hydrogen) atoms. The monoisotopic (exact) mass is 214 g/mol. The summed E-state index contributed by atoms with van der Waals surface area (Å²) in [6.07, 6.45) is 7.71. The van der Waals surface area contributed by atoms with Crippen LogP contribution in [0.3, 0.4) is 0 Å². The van der Waals surface area contributed by atoms with Crippen LogP contribution in [0.4, 0.5) is 0 Å². The fraction of sp³-hybridized carbons (Fsp3) is 1.00. The van der Waals surface area contributed by atoms with Gasteiger partial charge in [0.1, 0.15) is 0 Å². The molecule has 2 nitrogen and oxygen atoms in total. The van der Waals surface area contributed by atoms with Gasteiger partial charge in [-0.05, 0) is 56.3 Å². The summed E-state index contributed by atoms with van der Waals surface area (Å²) < 4.78 is 17.1. The highest BCUT2D eigenvalue weighted by Crippen LogP contribution is 2.57. The lowest BCUT2D eigenvalue weighted by Crippen LogP contribution is -2.52. The third-order valence-corrected chi connectivity index (χ3v) is 6.00. The molecule has 4 rings (SSSR count). The van der Waals surface area contributed by atoms with Gasteiger partial charge in [-0.3, -0.25) is 4.18 Å². The first-order valence-corrected chi connectivity index (χ1v) is 6.76. The highest BCUT2D eigenvalue weighted by atomic mass is 32.2. The molecule has 3 heteroatoms. The van der Waals surface area contributed by atoms with Gasteiger partial charge >= 0.3 is 0 Å². The molecule has 0 heterocycles. The highest BCUT2D eigenvalue weighted by Gasteiger charge is 2.54. The Kier molecular flexibility index (Phi) is 2.04. The zero-order valence-electron chi connectivity index (χ0n) is 8.70. The maximum atomic E-state index is 12.0. The smallest absolute Gasteiger partial charge is 0.161 e. The lowest BCUT2D eigenvalue weighted by molar-refractivity contribution is 0.0326. The minimum Gasteiger partial charge on any atom is -0.293 e. The van der Waals surface area contributed by atoms with Crippen LogP contribution in [-0.2, 0) is 15.3 Å². The fourth-order valence-electron chi connectivity index (χ4n) is 4.41. The third-order valence-electron chi connectivity index (χ3n) is 4.49. The van der Waals surface area contributed by atoms with Crippen molar-refractivity contribution in [3.05, 3.63) is 0 Å². The second-order valence-corrected chi connectivity index (χ2v) is 7.17. The molecular weight excluding hydrogens is 196 g/mol. The Hall–Kier alpha value is 0.110. The van der Waals surface area contributed by atoms with Crippen LogP contribution in [0.25, 0.3) is 0 Å². The van der Waals surface area contributed by atoms with Gasteiger partial charge in [-0.15, -0.1) is 0 Å². The molecule has 0 aliphatic heterocycles. The molecule has 0 saturated heterocycles. The third kappa shape index (κ3) is 1.21. The predicted molar refractivity (Wildman–Crippen MR) is 56.1 cm³/mol. The summed E-state index contributed by atoms with van der Waals surface area (Å²) in [5.41, 5.74) is 0. The average molecular weight is 214 g/mol. The normalized spacial score (nSPS) is 52.2. The molecule has 4 bridgehead atoms. The van der Waals surface area contributed by atoms with Gasteiger partial charge in [-0.1, -0.05) is 0 Å². The van der Waals surface area contributed by atoms with Crippen LogP contribution in [0.1, 0.15) is 38.5 Å². The van der Waals surface area contributed by atoms with Crippen LogP contribution >= 0.6 is 0 Å². The molecule has 0 spiro atoms. The molecule has 4 aliphatic carbocycles. The quantitative estimate of drug-likeness (QED) is 0.705. The minimum absolute atomic E-state index is 0.0590. The van der Waals surface area contributed by atoms with E-state index in [9.17, 15) is 4.21 Å². The van der Waals surface area contributed by atoms with Crippen molar-refractivity contribution in [3.8, 4) is 0 Å². The molecule has 4 fully saturated rings. The molecule has 1 atom stereocenters. The van der Waals surface area contributed by atoms with Crippen molar-refractivity contribution in [2.45, 2.75) is 43.3 Å². The second-order valence-electron chi connectivity index (χ2n) is 5.50. The van der Waals surface area contributed by atoms with Crippen molar-refractivity contribution >= 4 is 11.1 Å². The van der Waals surface area contributed by atoms with Crippen LogP contribution in [0.2, 0.25) is 0 Å². The standard InChI is InChI=1S/C11H18O2S/c1-13-14(12)11-5-8-2-9(6-11)4-10(3-8)7-11/h8-10H,2-7H2,1H3. The van der Waals surface area contributed by atoms with Crippen LogP contribution in [0, 0.1) is 17.8 Å². The first-order chi connectivity index (χ1) is 6.72. The van der Waals surface area contributed by atoms with Gasteiger partial charge in [-0.2, -0.15) is 0 Å². The van der Waals surface area contributed by atoms with Crippen molar-refractivity contribution < 1.29 is 8.39 Å². The van der Waals surface area contributed by atoms with E-state index in [2.05, 4.69) is 0 Å². The summed E-state index contributed by atoms with van der Waals surface area (Å²) in [4.78, 5) is 0. The molecule has 0 amide bonds. The molecule has 4 aliphatic rings. The van der Waals surface area contributed by atoms with Gasteiger partial charge in [0.25, 0.3) is 0 Å². The van der Waals surface area contributed by atoms with Crippen LogP contribution in [-0.4, -0.2) is 16.1 Å². The SMILES string of the molecule is COS(=O)C12CC3CC(CC(C3)C1)C2. The maximum absolute atomic E-state index is 12.0. The van der Waals surface area contributed by atoms with Gasteiger partial charge < -0.3 is 0 Å². The van der Waals surface area contributed by atoms with Crippen LogP contribution in [0.15, 0.2) is 0 Å². The average Bonchev–Trinajstić information content (AvgIpc) is 2.14. The largest absolute Gasteiger partial charge is 0.293 e. The fourth-order valence-corrected chi connectivity index (χ4v) is 5.88. The van der Waals surface area contributed by atoms with E-state index in [-0.39, 0.29) is 4.75 Å². The van der Waals surface area contributed by atoms with Gasteiger partial charge in [0.15, 0.2) is 11.1 Å². The zero-order chi connectivity index (χ0) is 9.76. The Morgan fingerprint density at radius 1 is 1.07 bits per heavy atom. The molecular formula is C11H18O2S. The molecule has 0 N–H and O–H groups in total. The molecule has 0 aromatic carbocycles. The van der Waals surface area contributed by atoms with E-state index in [0.717, 1.165) is 17.8 Å². The zero-order valence-corrected chi connectivity index (χ0v) is 9.52. The Labute approximate surface area is 88.1 Å². The second kappa shape index (κ2) is 3.05. The Bertz CT molecular complexity index is 239. The highest BCUT2D eigenvalue weighted by molar-refractivity contribution is 7.81. The molecule has 0 aromatic heterocycles. The van der Waals surface area contributed by atoms with E-state index in [1.54, 1.807) is 7.11 Å². The van der Waals surface area contributed by atoms with Crippen molar-refractivity contribution in [2.24, 2.45) is 17.8 Å². The Morgan fingerprint density at radius 3 is 1.86 bits per heavy atom. The maximum Gasteiger partial charge on any atom is 0.161 e. The lowest BCUT2D eigenvalue weighted by atomic mass is 9.56. The Morgan fingerprint density at radius 2 is 1.50 bits per heavy atom. The predicted octanol–water partition coefficient (Wildman–Crippen LogP) is 2.27. The molecule has 0 radical (unpaired) electrons. The molecule has 1 unspecified atom stereocenters. The summed E-state index contributed by atoms with van der Waals surface area (Å²) in [5.74, 6) is 2.58. The number of hydrogen-bond donors (Lipinski definition) is 0. The molecule has 4 saturated carbocycles.